The molecule has 0 radical (unpaired) electrons. The maximum absolute atomic E-state index is 12.8. The number of nitrogens with zero attached hydrogens (tertiary/aromatic N) is 2. The van der Waals surface area contributed by atoms with E-state index in [9.17, 15) is 23.3 Å². The summed E-state index contributed by atoms with van der Waals surface area (Å²) in [5.74, 6) is -0.366. The number of hydrogen-bond acceptors (Lipinski definition) is 6. The molecule has 0 saturated carbocycles. The van der Waals surface area contributed by atoms with Gasteiger partial charge in [0, 0.05) is 25.2 Å². The fourth-order valence-corrected chi connectivity index (χ4v) is 4.31. The van der Waals surface area contributed by atoms with Crippen LogP contribution in [0.5, 0.6) is 0 Å². The second-order valence-corrected chi connectivity index (χ2v) is 7.35. The molecule has 1 aliphatic heterocycles. The molecule has 2 rings (SSSR count). The van der Waals surface area contributed by atoms with Crippen molar-refractivity contribution in [1.82, 2.24) is 9.62 Å². The Labute approximate surface area is 152 Å². The summed E-state index contributed by atoms with van der Waals surface area (Å²) in [6.07, 6.45) is 1.59. The third-order valence-corrected chi connectivity index (χ3v) is 5.73. The van der Waals surface area contributed by atoms with Gasteiger partial charge in [-0.15, -0.1) is 12.4 Å². The van der Waals surface area contributed by atoms with Crippen molar-refractivity contribution in [2.75, 3.05) is 19.6 Å². The number of benzene rings is 1. The first-order chi connectivity index (χ1) is 11.4. The molecule has 1 atom stereocenters. The lowest BCUT2D eigenvalue weighted by Gasteiger charge is -2.23. The Morgan fingerprint density at radius 1 is 1.44 bits per heavy atom. The number of nitro benzene ring substituents is 1. The lowest BCUT2D eigenvalue weighted by Crippen LogP contribution is -2.46. The maximum atomic E-state index is 12.8. The zero-order chi connectivity index (χ0) is 17.7. The highest BCUT2D eigenvalue weighted by Gasteiger charge is 2.39. The van der Waals surface area contributed by atoms with Crippen LogP contribution in [0.4, 0.5) is 5.69 Å². The minimum Gasteiger partial charge on any atom is -0.355 e. The van der Waals surface area contributed by atoms with Gasteiger partial charge in [0.25, 0.3) is 5.69 Å². The van der Waals surface area contributed by atoms with Crippen molar-refractivity contribution in [3.05, 3.63) is 34.4 Å². The van der Waals surface area contributed by atoms with Crippen LogP contribution < -0.4 is 11.1 Å². The molecule has 1 aliphatic rings. The van der Waals surface area contributed by atoms with Crippen LogP contribution in [0.1, 0.15) is 19.3 Å². The quantitative estimate of drug-likeness (QED) is 0.397. The first-order valence-corrected chi connectivity index (χ1v) is 9.06. The number of carbonyl (C=O) groups is 1. The van der Waals surface area contributed by atoms with Gasteiger partial charge >= 0.3 is 0 Å². The molecule has 9 nitrogen and oxygen atoms in total. The summed E-state index contributed by atoms with van der Waals surface area (Å²) < 4.78 is 26.6. The van der Waals surface area contributed by atoms with E-state index in [2.05, 4.69) is 5.32 Å². The number of non-ortho nitro benzene ring substituents is 1. The number of sulfonamides is 1. The Hall–Kier alpha value is -1.75. The van der Waals surface area contributed by atoms with E-state index in [0.717, 1.165) is 10.4 Å². The van der Waals surface area contributed by atoms with Crippen LogP contribution in [0, 0.1) is 10.1 Å². The first kappa shape index (κ1) is 21.3. The van der Waals surface area contributed by atoms with Gasteiger partial charge in [0.15, 0.2) is 0 Å². The lowest BCUT2D eigenvalue weighted by molar-refractivity contribution is -0.385. The summed E-state index contributed by atoms with van der Waals surface area (Å²) in [4.78, 5) is 22.2. The van der Waals surface area contributed by atoms with Gasteiger partial charge in [0.1, 0.15) is 6.04 Å². The predicted molar refractivity (Wildman–Crippen MR) is 93.9 cm³/mol. The van der Waals surface area contributed by atoms with Gasteiger partial charge in [0.2, 0.25) is 15.9 Å². The monoisotopic (exact) mass is 392 g/mol. The van der Waals surface area contributed by atoms with Gasteiger partial charge in [0.05, 0.1) is 9.82 Å². The van der Waals surface area contributed by atoms with Crippen molar-refractivity contribution in [2.24, 2.45) is 5.73 Å². The molecule has 1 amide bonds. The fourth-order valence-electron chi connectivity index (χ4n) is 2.61. The zero-order valence-electron chi connectivity index (χ0n) is 13.5. The summed E-state index contributed by atoms with van der Waals surface area (Å²) >= 11 is 0. The average molecular weight is 393 g/mol. The van der Waals surface area contributed by atoms with E-state index in [1.165, 1.54) is 18.2 Å². The molecule has 11 heteroatoms. The predicted octanol–water partition coefficient (Wildman–Crippen LogP) is 0.635. The minimum absolute atomic E-state index is 0. The Bertz CT molecular complexity index is 728. The van der Waals surface area contributed by atoms with Crippen molar-refractivity contribution in [1.29, 1.82) is 0 Å². The number of rotatable bonds is 7. The molecule has 1 heterocycles. The van der Waals surface area contributed by atoms with E-state index in [1.807, 2.05) is 0 Å². The summed E-state index contributed by atoms with van der Waals surface area (Å²) in [5.41, 5.74) is 5.06. The maximum Gasteiger partial charge on any atom is 0.270 e. The second-order valence-electron chi connectivity index (χ2n) is 5.46. The number of carbonyl (C=O) groups excluding carboxylic acids is 1. The van der Waals surface area contributed by atoms with Crippen molar-refractivity contribution >= 4 is 34.0 Å². The molecule has 1 saturated heterocycles. The van der Waals surface area contributed by atoms with Crippen LogP contribution in [-0.4, -0.2) is 49.2 Å². The number of halogens is 1. The van der Waals surface area contributed by atoms with Crippen molar-refractivity contribution in [3.8, 4) is 0 Å². The molecule has 1 fully saturated rings. The van der Waals surface area contributed by atoms with Crippen LogP contribution in [0.25, 0.3) is 0 Å². The Morgan fingerprint density at radius 3 is 2.80 bits per heavy atom. The second kappa shape index (κ2) is 9.09. The van der Waals surface area contributed by atoms with Crippen molar-refractivity contribution < 1.29 is 18.1 Å². The topological polar surface area (TPSA) is 136 Å². The molecule has 1 aromatic carbocycles. The summed E-state index contributed by atoms with van der Waals surface area (Å²) in [6.45, 7) is 1.02. The number of hydrogen-bond donors (Lipinski definition) is 2. The van der Waals surface area contributed by atoms with Gasteiger partial charge in [-0.2, -0.15) is 4.31 Å². The Morgan fingerprint density at radius 2 is 2.16 bits per heavy atom. The normalized spacial score (nSPS) is 17.7. The Kier molecular flexibility index (Phi) is 7.74. The van der Waals surface area contributed by atoms with Gasteiger partial charge < -0.3 is 11.1 Å². The van der Waals surface area contributed by atoms with Crippen LogP contribution in [0.15, 0.2) is 29.2 Å². The van der Waals surface area contributed by atoms with Gasteiger partial charge in [-0.3, -0.25) is 14.9 Å². The molecule has 140 valence electrons. The lowest BCUT2D eigenvalue weighted by atomic mass is 10.2. The summed E-state index contributed by atoms with van der Waals surface area (Å²) in [5, 5.41) is 13.5. The number of nitrogens with one attached hydrogen (secondary N) is 1. The van der Waals surface area contributed by atoms with E-state index >= 15 is 0 Å². The van der Waals surface area contributed by atoms with Gasteiger partial charge in [-0.25, -0.2) is 8.42 Å². The Balaban J connectivity index is 0.00000312. The third kappa shape index (κ3) is 4.88. The molecule has 1 aromatic rings. The highest BCUT2D eigenvalue weighted by Crippen LogP contribution is 2.28. The molecular weight excluding hydrogens is 372 g/mol. The third-order valence-electron chi connectivity index (χ3n) is 3.82. The summed E-state index contributed by atoms with van der Waals surface area (Å²) in [6, 6.07) is 4.05. The van der Waals surface area contributed by atoms with Gasteiger partial charge in [-0.05, 0) is 31.9 Å². The first-order valence-electron chi connectivity index (χ1n) is 7.62. The van der Waals surface area contributed by atoms with E-state index in [4.69, 9.17) is 5.73 Å². The molecule has 0 aromatic heterocycles. The van der Waals surface area contributed by atoms with Crippen LogP contribution in [0.3, 0.4) is 0 Å². The molecule has 1 unspecified atom stereocenters. The van der Waals surface area contributed by atoms with Gasteiger partial charge in [-0.1, -0.05) is 6.07 Å². The van der Waals surface area contributed by atoms with Crippen molar-refractivity contribution in [2.45, 2.75) is 30.2 Å². The largest absolute Gasteiger partial charge is 0.355 e. The molecule has 0 bridgehead atoms. The van der Waals surface area contributed by atoms with Crippen LogP contribution >= 0.6 is 12.4 Å². The zero-order valence-corrected chi connectivity index (χ0v) is 15.1. The highest BCUT2D eigenvalue weighted by atomic mass is 35.5. The van der Waals surface area contributed by atoms with E-state index in [0.29, 0.717) is 32.4 Å². The molecule has 25 heavy (non-hydrogen) atoms. The highest BCUT2D eigenvalue weighted by molar-refractivity contribution is 7.89. The number of nitro groups is 1. The average Bonchev–Trinajstić information content (AvgIpc) is 3.05. The molecule has 3 N–H and O–H groups in total. The molecule has 0 aliphatic carbocycles. The van der Waals surface area contributed by atoms with Crippen LogP contribution in [0.2, 0.25) is 0 Å². The summed E-state index contributed by atoms with van der Waals surface area (Å²) in [7, 11) is -3.98. The smallest absolute Gasteiger partial charge is 0.270 e. The van der Waals surface area contributed by atoms with Crippen molar-refractivity contribution in [3.63, 3.8) is 0 Å². The standard InChI is InChI=1S/C14H20N4O5S.ClH/c15-7-3-8-16-14(19)13-6-2-9-17(13)24(22,23)12-5-1-4-11(10-12)18(20)21;/h1,4-5,10,13H,2-3,6-9,15H2,(H,16,19);1H. The van der Waals surface area contributed by atoms with E-state index in [1.54, 1.807) is 0 Å². The minimum atomic E-state index is -3.98. The SMILES string of the molecule is Cl.NCCCNC(=O)C1CCCN1S(=O)(=O)c1cccc([N+](=O)[O-])c1. The molecular formula is C14H21ClN4O5S. The fraction of sp³-hybridized carbons (Fsp3) is 0.500. The number of nitrogens with two attached hydrogens (primary N) is 1. The molecule has 0 spiro atoms. The number of amides is 1. The van der Waals surface area contributed by atoms with Crippen LogP contribution in [-0.2, 0) is 14.8 Å². The van der Waals surface area contributed by atoms with E-state index in [-0.39, 0.29) is 35.4 Å². The van der Waals surface area contributed by atoms with E-state index < -0.39 is 21.0 Å².